The second-order valence-electron chi connectivity index (χ2n) is 9.32. The fraction of sp³-hybridized carbons (Fsp3) is 0.179. The fourth-order valence-electron chi connectivity index (χ4n) is 5.68. The van der Waals surface area contributed by atoms with E-state index >= 15 is 0 Å². The lowest BCUT2D eigenvalue weighted by molar-refractivity contribution is -0.384. The monoisotopic (exact) mass is 510 g/mol. The highest BCUT2D eigenvalue weighted by atomic mass is 16.6. The fourth-order valence-corrected chi connectivity index (χ4v) is 5.68. The molecule has 10 nitrogen and oxygen atoms in total. The molecular weight excluding hydrogens is 488 g/mol. The number of carbonyl (C=O) groups is 3. The molecule has 3 aliphatic rings. The minimum absolute atomic E-state index is 0.106. The van der Waals surface area contributed by atoms with Gasteiger partial charge in [-0.25, -0.2) is 4.90 Å². The predicted octanol–water partition coefficient (Wildman–Crippen LogP) is 3.63. The van der Waals surface area contributed by atoms with E-state index < -0.39 is 40.7 Å². The molecule has 38 heavy (non-hydrogen) atoms. The molecule has 2 saturated heterocycles. The molecule has 3 aliphatic heterocycles. The van der Waals surface area contributed by atoms with Crippen LogP contribution in [0.15, 0.2) is 78.9 Å². The summed E-state index contributed by atoms with van der Waals surface area (Å²) < 4.78 is 5.20. The van der Waals surface area contributed by atoms with Crippen LogP contribution >= 0.6 is 0 Å². The molecule has 3 heterocycles. The van der Waals surface area contributed by atoms with E-state index in [4.69, 9.17) is 4.74 Å². The number of anilines is 3. The number of nitrogens with zero attached hydrogens (tertiary/aromatic N) is 3. The summed E-state index contributed by atoms with van der Waals surface area (Å²) in [6, 6.07) is 18.1. The van der Waals surface area contributed by atoms with E-state index in [9.17, 15) is 24.5 Å². The molecule has 1 N–H and O–H groups in total. The van der Waals surface area contributed by atoms with E-state index in [1.165, 1.54) is 31.4 Å². The number of ether oxygens (including phenoxy) is 1. The van der Waals surface area contributed by atoms with Crippen molar-refractivity contribution in [2.45, 2.75) is 12.1 Å². The Morgan fingerprint density at radius 2 is 1.63 bits per heavy atom. The van der Waals surface area contributed by atoms with Crippen molar-refractivity contribution in [3.05, 3.63) is 94.6 Å². The molecule has 0 spiro atoms. The van der Waals surface area contributed by atoms with E-state index in [-0.39, 0.29) is 11.6 Å². The Kier molecular flexibility index (Phi) is 5.45. The smallest absolute Gasteiger partial charge is 0.269 e. The van der Waals surface area contributed by atoms with Crippen LogP contribution < -0.4 is 19.9 Å². The summed E-state index contributed by atoms with van der Waals surface area (Å²) in [4.78, 5) is 54.9. The van der Waals surface area contributed by atoms with E-state index in [0.717, 1.165) is 16.2 Å². The van der Waals surface area contributed by atoms with Crippen molar-refractivity contribution in [3.8, 4) is 5.75 Å². The van der Waals surface area contributed by atoms with Crippen LogP contribution in [-0.4, -0.2) is 41.8 Å². The number of nitro groups is 1. The van der Waals surface area contributed by atoms with Crippen LogP contribution in [0.4, 0.5) is 22.7 Å². The van der Waals surface area contributed by atoms with Gasteiger partial charge in [-0.15, -0.1) is 0 Å². The first-order valence-corrected chi connectivity index (χ1v) is 12.0. The molecule has 0 bridgehead atoms. The topological polar surface area (TPSA) is 122 Å². The Labute approximate surface area is 217 Å². The molecule has 3 aromatic carbocycles. The quantitative estimate of drug-likeness (QED) is 0.316. The third-order valence-electron chi connectivity index (χ3n) is 7.36. The Morgan fingerprint density at radius 3 is 2.32 bits per heavy atom. The van der Waals surface area contributed by atoms with Crippen molar-refractivity contribution in [1.82, 2.24) is 0 Å². The van der Waals surface area contributed by atoms with Gasteiger partial charge in [-0.1, -0.05) is 30.4 Å². The normalized spacial score (nSPS) is 23.1. The second kappa shape index (κ2) is 8.84. The van der Waals surface area contributed by atoms with E-state index in [1.807, 2.05) is 41.3 Å². The first kappa shape index (κ1) is 23.4. The van der Waals surface area contributed by atoms with Crippen LogP contribution in [0.2, 0.25) is 0 Å². The Balaban J connectivity index is 1.39. The molecule has 3 amide bonds. The van der Waals surface area contributed by atoms with Crippen LogP contribution in [0.25, 0.3) is 6.08 Å². The summed E-state index contributed by atoms with van der Waals surface area (Å²) in [6.07, 6.45) is 3.79. The predicted molar refractivity (Wildman–Crippen MR) is 140 cm³/mol. The second-order valence-corrected chi connectivity index (χ2v) is 9.32. The molecule has 4 atom stereocenters. The molecule has 0 saturated carbocycles. The number of fused-ring (bicyclic) bond motifs is 5. The van der Waals surface area contributed by atoms with Crippen LogP contribution in [0.1, 0.15) is 5.56 Å². The SMILES string of the molecule is COc1ccc(N2C(=O)[C@@H]3[C@H](C2=O)[C@H](C(=O)Nc2ccc([N+](=O)[O-])cc2)N2c4ccccc4C=C[C@@H]32)cc1. The maximum Gasteiger partial charge on any atom is 0.269 e. The molecular formula is C28H22N4O6. The summed E-state index contributed by atoms with van der Waals surface area (Å²) in [5.41, 5.74) is 2.30. The summed E-state index contributed by atoms with van der Waals surface area (Å²) in [5, 5.41) is 13.8. The number of methoxy groups -OCH3 is 1. The first-order chi connectivity index (χ1) is 18.4. The summed E-state index contributed by atoms with van der Waals surface area (Å²) >= 11 is 0. The van der Waals surface area contributed by atoms with Gasteiger partial charge in [0, 0.05) is 23.5 Å². The van der Waals surface area contributed by atoms with Gasteiger partial charge in [-0.05, 0) is 48.0 Å². The number of non-ortho nitro benzene ring substituents is 1. The molecule has 10 heteroatoms. The minimum atomic E-state index is -0.981. The summed E-state index contributed by atoms with van der Waals surface area (Å²) in [6.45, 7) is 0. The number of benzene rings is 3. The zero-order valence-electron chi connectivity index (χ0n) is 20.2. The highest BCUT2D eigenvalue weighted by Gasteiger charge is 2.64. The number of nitrogens with one attached hydrogen (secondary N) is 1. The van der Waals surface area contributed by atoms with Crippen LogP contribution in [0.3, 0.4) is 0 Å². The molecule has 0 radical (unpaired) electrons. The van der Waals surface area contributed by atoms with Crippen molar-refractivity contribution >= 4 is 46.5 Å². The summed E-state index contributed by atoms with van der Waals surface area (Å²) in [5.74, 6) is -2.39. The maximum atomic E-state index is 13.9. The van der Waals surface area contributed by atoms with Crippen molar-refractivity contribution in [3.63, 3.8) is 0 Å². The largest absolute Gasteiger partial charge is 0.497 e. The van der Waals surface area contributed by atoms with Crippen LogP contribution in [0, 0.1) is 22.0 Å². The molecule has 190 valence electrons. The Morgan fingerprint density at radius 1 is 0.947 bits per heavy atom. The van der Waals surface area contributed by atoms with Gasteiger partial charge in [0.05, 0.1) is 35.6 Å². The molecule has 0 aromatic heterocycles. The van der Waals surface area contributed by atoms with Gasteiger partial charge < -0.3 is 15.0 Å². The molecule has 6 rings (SSSR count). The lowest BCUT2D eigenvalue weighted by Gasteiger charge is -2.36. The molecule has 2 fully saturated rings. The summed E-state index contributed by atoms with van der Waals surface area (Å²) in [7, 11) is 1.53. The van der Waals surface area contributed by atoms with Gasteiger partial charge in [0.15, 0.2) is 0 Å². The lowest BCUT2D eigenvalue weighted by Crippen LogP contribution is -2.50. The van der Waals surface area contributed by atoms with Gasteiger partial charge >= 0.3 is 0 Å². The van der Waals surface area contributed by atoms with Crippen LogP contribution in [0.5, 0.6) is 5.75 Å². The van der Waals surface area contributed by atoms with Gasteiger partial charge in [0.25, 0.3) is 5.69 Å². The molecule has 0 aliphatic carbocycles. The van der Waals surface area contributed by atoms with Gasteiger partial charge in [0.2, 0.25) is 17.7 Å². The first-order valence-electron chi connectivity index (χ1n) is 12.0. The minimum Gasteiger partial charge on any atom is -0.497 e. The molecule has 3 aromatic rings. The third kappa shape index (κ3) is 3.52. The van der Waals surface area contributed by atoms with Crippen molar-refractivity contribution in [2.75, 3.05) is 22.2 Å². The zero-order chi connectivity index (χ0) is 26.6. The Hall–Kier alpha value is -4.99. The van der Waals surface area contributed by atoms with Crippen molar-refractivity contribution in [1.29, 1.82) is 0 Å². The van der Waals surface area contributed by atoms with E-state index in [2.05, 4.69) is 5.32 Å². The number of hydrogen-bond acceptors (Lipinski definition) is 7. The Bertz CT molecular complexity index is 1500. The lowest BCUT2D eigenvalue weighted by atomic mass is 9.88. The highest BCUT2D eigenvalue weighted by Crippen LogP contribution is 2.49. The zero-order valence-corrected chi connectivity index (χ0v) is 20.2. The maximum absolute atomic E-state index is 13.9. The number of rotatable bonds is 5. The number of nitro benzene ring substituents is 1. The highest BCUT2D eigenvalue weighted by molar-refractivity contribution is 6.25. The van der Waals surface area contributed by atoms with E-state index in [1.54, 1.807) is 24.3 Å². The van der Waals surface area contributed by atoms with Crippen molar-refractivity contribution < 1.29 is 24.0 Å². The number of amides is 3. The van der Waals surface area contributed by atoms with Gasteiger partial charge in [-0.3, -0.25) is 24.5 Å². The molecule has 0 unspecified atom stereocenters. The average Bonchev–Trinajstić information content (AvgIpc) is 3.41. The third-order valence-corrected chi connectivity index (χ3v) is 7.36. The standard InChI is InChI=1S/C28H22N4O6/c1-38-20-13-11-18(12-14-20)30-27(34)23-22-15-6-16-4-2-3-5-21(16)31(22)25(24(23)28(30)35)26(33)29-17-7-9-19(10-8-17)32(36)37/h2-15,22-25H,1H3,(H,29,33)/t22-,23-,24-,25+/m0/s1. The number of hydrogen-bond donors (Lipinski definition) is 1. The number of carbonyl (C=O) groups excluding carboxylic acids is 3. The average molecular weight is 511 g/mol. The van der Waals surface area contributed by atoms with Gasteiger partial charge in [0.1, 0.15) is 11.8 Å². The van der Waals surface area contributed by atoms with Crippen molar-refractivity contribution in [2.24, 2.45) is 11.8 Å². The van der Waals surface area contributed by atoms with Crippen LogP contribution in [-0.2, 0) is 14.4 Å². The van der Waals surface area contributed by atoms with Gasteiger partial charge in [-0.2, -0.15) is 0 Å². The van der Waals surface area contributed by atoms with E-state index in [0.29, 0.717) is 17.1 Å². The number of imide groups is 1. The number of para-hydroxylation sites is 1.